The maximum Gasteiger partial charge on any atom is 0.133 e. The highest BCUT2D eigenvalue weighted by atomic mass is 16.3. The van der Waals surface area contributed by atoms with Crippen LogP contribution >= 0.6 is 0 Å². The van der Waals surface area contributed by atoms with Gasteiger partial charge in [0.1, 0.15) is 11.5 Å². The summed E-state index contributed by atoms with van der Waals surface area (Å²) in [6.45, 7) is 6.93. The minimum Gasteiger partial charge on any atom is -0.509 e. The SMILES string of the molecule is CC1CCC2C(C)(C)C3CCC12CC(O)=C3O. The number of fused-ring (bicyclic) bond motifs is 2. The Morgan fingerprint density at radius 2 is 1.82 bits per heavy atom. The van der Waals surface area contributed by atoms with Crippen LogP contribution < -0.4 is 0 Å². The first-order chi connectivity index (χ1) is 7.89. The van der Waals surface area contributed by atoms with Crippen molar-refractivity contribution in [1.82, 2.24) is 0 Å². The summed E-state index contributed by atoms with van der Waals surface area (Å²) in [5.41, 5.74) is 0.395. The molecule has 2 fully saturated rings. The molecule has 0 aromatic rings. The second kappa shape index (κ2) is 3.21. The smallest absolute Gasteiger partial charge is 0.133 e. The predicted molar refractivity (Wildman–Crippen MR) is 67.7 cm³/mol. The molecule has 2 N–H and O–H groups in total. The first kappa shape index (κ1) is 11.4. The fourth-order valence-electron chi connectivity index (χ4n) is 5.37. The van der Waals surface area contributed by atoms with Gasteiger partial charge in [0.2, 0.25) is 0 Å². The van der Waals surface area contributed by atoms with E-state index in [4.69, 9.17) is 0 Å². The van der Waals surface area contributed by atoms with Gasteiger partial charge in [-0.25, -0.2) is 0 Å². The van der Waals surface area contributed by atoms with Crippen molar-refractivity contribution >= 4 is 0 Å². The summed E-state index contributed by atoms with van der Waals surface area (Å²) >= 11 is 0. The lowest BCUT2D eigenvalue weighted by Crippen LogP contribution is -2.46. The van der Waals surface area contributed by atoms with Crippen molar-refractivity contribution < 1.29 is 10.2 Å². The minimum atomic E-state index is 0.136. The average Bonchev–Trinajstić information content (AvgIpc) is 2.47. The number of aliphatic hydroxyl groups excluding tert-OH is 2. The van der Waals surface area contributed by atoms with E-state index in [0.717, 1.165) is 6.42 Å². The molecular weight excluding hydrogens is 212 g/mol. The third-order valence-electron chi connectivity index (χ3n) is 6.38. The van der Waals surface area contributed by atoms with Gasteiger partial charge in [-0.15, -0.1) is 0 Å². The number of allylic oxidation sites excluding steroid dienone is 2. The fraction of sp³-hybridized carbons (Fsp3) is 0.867. The molecule has 4 rings (SSSR count). The van der Waals surface area contributed by atoms with Gasteiger partial charge >= 0.3 is 0 Å². The Labute approximate surface area is 104 Å². The van der Waals surface area contributed by atoms with Gasteiger partial charge in [0.05, 0.1) is 0 Å². The molecule has 96 valence electrons. The largest absolute Gasteiger partial charge is 0.509 e. The van der Waals surface area contributed by atoms with Crippen LogP contribution in [0.2, 0.25) is 0 Å². The normalized spacial score (nSPS) is 48.1. The van der Waals surface area contributed by atoms with E-state index < -0.39 is 0 Å². The Balaban J connectivity index is 2.16. The third kappa shape index (κ3) is 1.22. The van der Waals surface area contributed by atoms with E-state index in [1.54, 1.807) is 0 Å². The number of aliphatic hydroxyl groups is 2. The molecule has 4 aliphatic rings. The third-order valence-corrected chi connectivity index (χ3v) is 6.38. The molecule has 1 spiro atoms. The van der Waals surface area contributed by atoms with Gasteiger partial charge in [-0.05, 0) is 48.3 Å². The summed E-state index contributed by atoms with van der Waals surface area (Å²) in [5.74, 6) is 2.11. The van der Waals surface area contributed by atoms with Gasteiger partial charge in [0, 0.05) is 12.3 Å². The highest BCUT2D eigenvalue weighted by molar-refractivity contribution is 5.22. The van der Waals surface area contributed by atoms with Gasteiger partial charge < -0.3 is 10.2 Å². The molecule has 2 nitrogen and oxygen atoms in total. The van der Waals surface area contributed by atoms with E-state index >= 15 is 0 Å². The number of hydrogen-bond donors (Lipinski definition) is 2. The van der Waals surface area contributed by atoms with Crippen molar-refractivity contribution in [3.8, 4) is 0 Å². The molecule has 0 radical (unpaired) electrons. The van der Waals surface area contributed by atoms with Crippen molar-refractivity contribution in [2.24, 2.45) is 28.6 Å². The summed E-state index contributed by atoms with van der Waals surface area (Å²) in [6, 6.07) is 0. The van der Waals surface area contributed by atoms with Crippen molar-refractivity contribution in [3.05, 3.63) is 11.5 Å². The van der Waals surface area contributed by atoms with Gasteiger partial charge in [-0.3, -0.25) is 0 Å². The first-order valence-electron chi connectivity index (χ1n) is 7.00. The summed E-state index contributed by atoms with van der Waals surface area (Å²) in [5, 5.41) is 20.4. The van der Waals surface area contributed by atoms with Crippen LogP contribution in [0.15, 0.2) is 11.5 Å². The number of hydrogen-bond acceptors (Lipinski definition) is 2. The topological polar surface area (TPSA) is 40.5 Å². The molecule has 2 heteroatoms. The molecule has 2 bridgehead atoms. The summed E-state index contributed by atoms with van der Waals surface area (Å²) in [6.07, 6.45) is 5.50. The van der Waals surface area contributed by atoms with Crippen molar-refractivity contribution in [2.45, 2.75) is 52.9 Å². The molecule has 0 aliphatic heterocycles. The van der Waals surface area contributed by atoms with Gasteiger partial charge in [0.15, 0.2) is 0 Å². The van der Waals surface area contributed by atoms with Crippen molar-refractivity contribution in [3.63, 3.8) is 0 Å². The van der Waals surface area contributed by atoms with Gasteiger partial charge in [-0.2, -0.15) is 0 Å². The lowest BCUT2D eigenvalue weighted by atomic mass is 9.52. The molecule has 0 heterocycles. The molecule has 0 aromatic heterocycles. The maximum absolute atomic E-state index is 10.2. The molecule has 0 saturated heterocycles. The monoisotopic (exact) mass is 236 g/mol. The Morgan fingerprint density at radius 3 is 2.53 bits per heavy atom. The molecule has 4 atom stereocenters. The average molecular weight is 236 g/mol. The van der Waals surface area contributed by atoms with Crippen LogP contribution in [0.3, 0.4) is 0 Å². The maximum atomic E-state index is 10.2. The Hall–Kier alpha value is -0.660. The summed E-state index contributed by atoms with van der Waals surface area (Å²) in [4.78, 5) is 0. The molecule has 2 saturated carbocycles. The zero-order valence-corrected chi connectivity index (χ0v) is 11.2. The Kier molecular flexibility index (Phi) is 2.16. The molecule has 4 unspecified atom stereocenters. The van der Waals surface area contributed by atoms with Crippen LogP contribution in [0, 0.1) is 28.6 Å². The van der Waals surface area contributed by atoms with E-state index in [1.165, 1.54) is 19.3 Å². The van der Waals surface area contributed by atoms with Crippen LogP contribution in [0.1, 0.15) is 52.9 Å². The highest BCUT2D eigenvalue weighted by Crippen LogP contribution is 2.68. The number of rotatable bonds is 0. The zero-order valence-electron chi connectivity index (χ0n) is 11.2. The lowest BCUT2D eigenvalue weighted by Gasteiger charge is -2.52. The van der Waals surface area contributed by atoms with Crippen LogP contribution in [0.5, 0.6) is 0 Å². The van der Waals surface area contributed by atoms with Crippen molar-refractivity contribution in [1.29, 1.82) is 0 Å². The quantitative estimate of drug-likeness (QED) is 0.662. The van der Waals surface area contributed by atoms with Crippen LogP contribution in [-0.4, -0.2) is 10.2 Å². The first-order valence-corrected chi connectivity index (χ1v) is 7.00. The van der Waals surface area contributed by atoms with Gasteiger partial charge in [-0.1, -0.05) is 20.8 Å². The van der Waals surface area contributed by atoms with E-state index in [2.05, 4.69) is 20.8 Å². The Morgan fingerprint density at radius 1 is 1.12 bits per heavy atom. The van der Waals surface area contributed by atoms with E-state index in [1.807, 2.05) is 0 Å². The Bertz CT molecular complexity index is 382. The molecular formula is C15H24O2. The fourth-order valence-corrected chi connectivity index (χ4v) is 5.37. The van der Waals surface area contributed by atoms with E-state index in [0.29, 0.717) is 24.0 Å². The second-order valence-corrected chi connectivity index (χ2v) is 7.19. The predicted octanol–water partition coefficient (Wildman–Crippen LogP) is 4.19. The minimum absolute atomic E-state index is 0.136. The summed E-state index contributed by atoms with van der Waals surface area (Å²) in [7, 11) is 0. The second-order valence-electron chi connectivity index (χ2n) is 7.19. The van der Waals surface area contributed by atoms with Crippen LogP contribution in [0.4, 0.5) is 0 Å². The molecule has 4 aliphatic carbocycles. The molecule has 0 aromatic carbocycles. The molecule has 0 amide bonds. The molecule has 17 heavy (non-hydrogen) atoms. The lowest BCUT2D eigenvalue weighted by molar-refractivity contribution is -0.0398. The highest BCUT2D eigenvalue weighted by Gasteiger charge is 2.61. The van der Waals surface area contributed by atoms with E-state index in [9.17, 15) is 10.2 Å². The summed E-state index contributed by atoms with van der Waals surface area (Å²) < 4.78 is 0. The van der Waals surface area contributed by atoms with Crippen LogP contribution in [0.25, 0.3) is 0 Å². The van der Waals surface area contributed by atoms with Crippen LogP contribution in [-0.2, 0) is 0 Å². The van der Waals surface area contributed by atoms with Crippen molar-refractivity contribution in [2.75, 3.05) is 0 Å². The van der Waals surface area contributed by atoms with Gasteiger partial charge in [0.25, 0.3) is 0 Å². The van der Waals surface area contributed by atoms with E-state index in [-0.39, 0.29) is 22.5 Å². The standard InChI is InChI=1S/C15H24O2/c1-9-4-5-12-14(2,3)10-6-7-15(9,12)8-11(16)13(10)17/h9-10,12,16-17H,4-8H2,1-3H3. The zero-order chi connectivity index (χ0) is 12.4.